The van der Waals surface area contributed by atoms with Gasteiger partial charge in [-0.1, -0.05) is 42.5 Å². The topological polar surface area (TPSA) is 67.6 Å². The summed E-state index contributed by atoms with van der Waals surface area (Å²) in [7, 11) is 0. The predicted molar refractivity (Wildman–Crippen MR) is 82.8 cm³/mol. The molecule has 4 rings (SSSR count). The Morgan fingerprint density at radius 3 is 2.50 bits per heavy atom. The van der Waals surface area contributed by atoms with Crippen LogP contribution in [-0.2, 0) is 0 Å². The molecule has 0 spiro atoms. The maximum Gasteiger partial charge on any atom is 0.226 e. The lowest BCUT2D eigenvalue weighted by molar-refractivity contribution is 0.575. The van der Waals surface area contributed by atoms with Gasteiger partial charge in [0.25, 0.3) is 0 Å². The highest BCUT2D eigenvalue weighted by Gasteiger charge is 2.17. The van der Waals surface area contributed by atoms with Gasteiger partial charge < -0.3 is 4.42 Å². The van der Waals surface area contributed by atoms with Crippen molar-refractivity contribution < 1.29 is 4.42 Å². The number of H-pyrrole nitrogens is 1. The third kappa shape index (κ3) is 2.09. The molecular formula is C17H12N4O. The van der Waals surface area contributed by atoms with Gasteiger partial charge in [0.15, 0.2) is 0 Å². The molecule has 1 N–H and O–H groups in total. The molecule has 5 nitrogen and oxygen atoms in total. The zero-order valence-electron chi connectivity index (χ0n) is 11.6. The fraction of sp³-hybridized carbons (Fsp3) is 0. The minimum absolute atomic E-state index is 0.587. The summed E-state index contributed by atoms with van der Waals surface area (Å²) in [5.74, 6) is 0.587. The van der Waals surface area contributed by atoms with Crippen molar-refractivity contribution in [3.8, 4) is 33.8 Å². The fourth-order valence-corrected chi connectivity index (χ4v) is 2.55. The summed E-state index contributed by atoms with van der Waals surface area (Å²) in [5, 5.41) is 10.8. The fourth-order valence-electron chi connectivity index (χ4n) is 2.55. The van der Waals surface area contributed by atoms with E-state index >= 15 is 0 Å². The van der Waals surface area contributed by atoms with E-state index in [-0.39, 0.29) is 0 Å². The summed E-state index contributed by atoms with van der Waals surface area (Å²) in [6.45, 7) is 0. The van der Waals surface area contributed by atoms with Gasteiger partial charge in [-0.05, 0) is 11.6 Å². The maximum atomic E-state index is 5.50. The van der Waals surface area contributed by atoms with E-state index in [9.17, 15) is 0 Å². The van der Waals surface area contributed by atoms with Crippen LogP contribution in [0.3, 0.4) is 0 Å². The van der Waals surface area contributed by atoms with Crippen LogP contribution in [0.15, 0.2) is 71.6 Å². The van der Waals surface area contributed by atoms with Crippen LogP contribution >= 0.6 is 0 Å². The van der Waals surface area contributed by atoms with E-state index in [1.807, 2.05) is 36.4 Å². The molecule has 0 atom stereocenters. The molecule has 0 bridgehead atoms. The van der Waals surface area contributed by atoms with Crippen LogP contribution in [0.25, 0.3) is 33.8 Å². The summed E-state index contributed by atoms with van der Waals surface area (Å²) < 4.78 is 5.50. The van der Waals surface area contributed by atoms with E-state index in [1.54, 1.807) is 18.7 Å². The second kappa shape index (κ2) is 5.29. The molecule has 2 aromatic heterocycles. The predicted octanol–water partition coefficient (Wildman–Crippen LogP) is 3.79. The highest BCUT2D eigenvalue weighted by Crippen LogP contribution is 2.38. The largest absolute Gasteiger partial charge is 0.445 e. The van der Waals surface area contributed by atoms with Gasteiger partial charge in [0.1, 0.15) is 12.0 Å². The Bertz CT molecular complexity index is 816. The molecule has 106 valence electrons. The molecule has 0 saturated carbocycles. The van der Waals surface area contributed by atoms with Gasteiger partial charge in [-0.15, -0.1) is 0 Å². The number of aromatic nitrogens is 4. The summed E-state index contributed by atoms with van der Waals surface area (Å²) in [6.07, 6.45) is 4.93. The first-order valence-corrected chi connectivity index (χ1v) is 6.88. The molecule has 0 radical (unpaired) electrons. The van der Waals surface area contributed by atoms with Crippen LogP contribution in [0.1, 0.15) is 0 Å². The summed E-state index contributed by atoms with van der Waals surface area (Å²) in [4.78, 5) is 4.28. The molecule has 2 heterocycles. The SMILES string of the molecule is c1ccc(-c2c(-c3cn[nH]n3)cccc2-c2ncco2)cc1. The van der Waals surface area contributed by atoms with Gasteiger partial charge in [0.05, 0.1) is 12.4 Å². The van der Waals surface area contributed by atoms with Crippen LogP contribution in [0, 0.1) is 0 Å². The Hall–Kier alpha value is -3.21. The minimum atomic E-state index is 0.587. The van der Waals surface area contributed by atoms with Crippen LogP contribution < -0.4 is 0 Å². The number of nitrogens with zero attached hydrogens (tertiary/aromatic N) is 3. The number of aromatic amines is 1. The van der Waals surface area contributed by atoms with E-state index in [2.05, 4.69) is 32.5 Å². The number of oxazole rings is 1. The minimum Gasteiger partial charge on any atom is -0.445 e. The number of hydrogen-bond donors (Lipinski definition) is 1. The van der Waals surface area contributed by atoms with Crippen LogP contribution in [0.2, 0.25) is 0 Å². The lowest BCUT2D eigenvalue weighted by atomic mass is 9.93. The quantitative estimate of drug-likeness (QED) is 0.622. The van der Waals surface area contributed by atoms with Crippen molar-refractivity contribution >= 4 is 0 Å². The Morgan fingerprint density at radius 2 is 1.77 bits per heavy atom. The first-order chi connectivity index (χ1) is 10.9. The molecule has 0 aliphatic heterocycles. The summed E-state index contributed by atoms with van der Waals surface area (Å²) in [5.41, 5.74) is 4.80. The van der Waals surface area contributed by atoms with Crippen molar-refractivity contribution in [2.75, 3.05) is 0 Å². The van der Waals surface area contributed by atoms with Gasteiger partial charge in [-0.2, -0.15) is 15.4 Å². The molecule has 0 aliphatic rings. The Morgan fingerprint density at radius 1 is 0.909 bits per heavy atom. The van der Waals surface area contributed by atoms with Gasteiger partial charge in [0, 0.05) is 16.7 Å². The van der Waals surface area contributed by atoms with Crippen molar-refractivity contribution in [3.63, 3.8) is 0 Å². The molecule has 0 aliphatic carbocycles. The lowest BCUT2D eigenvalue weighted by Crippen LogP contribution is -1.90. The highest BCUT2D eigenvalue weighted by atomic mass is 16.3. The molecule has 2 aromatic carbocycles. The van der Waals surface area contributed by atoms with E-state index in [0.717, 1.165) is 27.9 Å². The average molecular weight is 288 g/mol. The van der Waals surface area contributed by atoms with Crippen molar-refractivity contribution in [1.29, 1.82) is 0 Å². The molecule has 0 amide bonds. The van der Waals surface area contributed by atoms with Crippen molar-refractivity contribution in [3.05, 3.63) is 67.2 Å². The zero-order chi connectivity index (χ0) is 14.8. The van der Waals surface area contributed by atoms with Crippen LogP contribution in [0.4, 0.5) is 0 Å². The smallest absolute Gasteiger partial charge is 0.226 e. The van der Waals surface area contributed by atoms with E-state index in [1.165, 1.54) is 0 Å². The molecule has 4 aromatic rings. The zero-order valence-corrected chi connectivity index (χ0v) is 11.6. The number of benzene rings is 2. The standard InChI is InChI=1S/C17H12N4O/c1-2-5-12(6-3-1)16-13(15-11-19-21-20-15)7-4-8-14(16)17-18-9-10-22-17/h1-11H,(H,19,20,21). The first kappa shape index (κ1) is 12.5. The summed E-state index contributed by atoms with van der Waals surface area (Å²) in [6, 6.07) is 16.1. The summed E-state index contributed by atoms with van der Waals surface area (Å²) >= 11 is 0. The molecule has 5 heteroatoms. The second-order valence-electron chi connectivity index (χ2n) is 4.79. The number of rotatable bonds is 3. The monoisotopic (exact) mass is 288 g/mol. The van der Waals surface area contributed by atoms with Crippen LogP contribution in [0.5, 0.6) is 0 Å². The van der Waals surface area contributed by atoms with Crippen LogP contribution in [-0.4, -0.2) is 20.4 Å². The lowest BCUT2D eigenvalue weighted by Gasteiger charge is -2.12. The normalized spacial score (nSPS) is 10.7. The van der Waals surface area contributed by atoms with E-state index in [0.29, 0.717) is 5.89 Å². The average Bonchev–Trinajstić information content (AvgIpc) is 3.28. The Labute approximate surface area is 126 Å². The van der Waals surface area contributed by atoms with Crippen molar-refractivity contribution in [2.45, 2.75) is 0 Å². The van der Waals surface area contributed by atoms with Crippen molar-refractivity contribution in [2.24, 2.45) is 0 Å². The molecule has 0 saturated heterocycles. The highest BCUT2D eigenvalue weighted by molar-refractivity contribution is 5.91. The number of hydrogen-bond acceptors (Lipinski definition) is 4. The van der Waals surface area contributed by atoms with E-state index < -0.39 is 0 Å². The maximum absolute atomic E-state index is 5.50. The third-order valence-corrected chi connectivity index (χ3v) is 3.48. The third-order valence-electron chi connectivity index (χ3n) is 3.48. The molecule has 0 fully saturated rings. The molecule has 0 unspecified atom stereocenters. The second-order valence-corrected chi connectivity index (χ2v) is 4.79. The van der Waals surface area contributed by atoms with Gasteiger partial charge in [-0.25, -0.2) is 4.98 Å². The molecule has 22 heavy (non-hydrogen) atoms. The van der Waals surface area contributed by atoms with Crippen molar-refractivity contribution in [1.82, 2.24) is 20.4 Å². The Kier molecular flexibility index (Phi) is 3.01. The van der Waals surface area contributed by atoms with Gasteiger partial charge in [0.2, 0.25) is 5.89 Å². The van der Waals surface area contributed by atoms with E-state index in [4.69, 9.17) is 4.42 Å². The molecular weight excluding hydrogens is 276 g/mol. The number of nitrogens with one attached hydrogen (secondary N) is 1. The van der Waals surface area contributed by atoms with Gasteiger partial charge in [-0.3, -0.25) is 0 Å². The van der Waals surface area contributed by atoms with Gasteiger partial charge >= 0.3 is 0 Å². The first-order valence-electron chi connectivity index (χ1n) is 6.88. The Balaban J connectivity index is 2.03.